The predicted octanol–water partition coefficient (Wildman–Crippen LogP) is 14.0. The van der Waals surface area contributed by atoms with Crippen molar-refractivity contribution in [2.24, 2.45) is 63.1 Å². The van der Waals surface area contributed by atoms with E-state index < -0.39 is 0 Å². The van der Waals surface area contributed by atoms with Gasteiger partial charge in [0.25, 0.3) is 0 Å². The van der Waals surface area contributed by atoms with E-state index in [1.807, 2.05) is 0 Å². The molecule has 1 heterocycles. The Morgan fingerprint density at radius 3 is 1.98 bits per heavy atom. The van der Waals surface area contributed by atoms with Crippen LogP contribution in [0.4, 0.5) is 0 Å². The first kappa shape index (κ1) is 37.0. The lowest BCUT2D eigenvalue weighted by Crippen LogP contribution is -2.47. The number of rotatable bonds is 12. The molecule has 1 saturated heterocycles. The summed E-state index contributed by atoms with van der Waals surface area (Å²) in [6.07, 6.45) is 36.0. The zero-order valence-electron chi connectivity index (χ0n) is 32.3. The standard InChI is InChI=1S/C45H80O/c1-9-14-15-25-43(7)28-23-37-21-20-35-18-19-36(35)22-27-42(6,26-16-17-38-24-29-46-41(38)10-2)39-30-34(31-39)32-44(8,11-3)45(12-4,13-5)33-40(37)43/h10,34-41H,2,9,11-33H2,1,3-8H3. The number of hydrogen-bond acceptors (Lipinski definition) is 1. The number of unbranched alkanes of at least 4 members (excludes halogenated alkanes) is 2. The second-order valence-corrected chi connectivity index (χ2v) is 19.2. The van der Waals surface area contributed by atoms with Crippen molar-refractivity contribution in [3.05, 3.63) is 12.7 Å². The highest BCUT2D eigenvalue weighted by Crippen LogP contribution is 2.64. The van der Waals surface area contributed by atoms with Gasteiger partial charge in [-0.05, 0) is 179 Å². The van der Waals surface area contributed by atoms with Crippen molar-refractivity contribution < 1.29 is 4.74 Å². The Hall–Kier alpha value is -0.300. The molecule has 0 aromatic heterocycles. The Balaban J connectivity index is 1.36. The van der Waals surface area contributed by atoms with E-state index in [0.717, 1.165) is 42.1 Å². The smallest absolute Gasteiger partial charge is 0.0782 e. The first-order chi connectivity index (χ1) is 22.1. The van der Waals surface area contributed by atoms with E-state index in [1.165, 1.54) is 141 Å². The summed E-state index contributed by atoms with van der Waals surface area (Å²) < 4.78 is 5.99. The Morgan fingerprint density at radius 1 is 0.696 bits per heavy atom. The van der Waals surface area contributed by atoms with Crippen LogP contribution in [-0.2, 0) is 4.74 Å². The molecule has 2 bridgehead atoms. The Kier molecular flexibility index (Phi) is 12.6. The molecule has 0 aromatic rings. The van der Waals surface area contributed by atoms with Crippen molar-refractivity contribution in [3.8, 4) is 0 Å². The van der Waals surface area contributed by atoms with E-state index in [9.17, 15) is 0 Å². The summed E-state index contributed by atoms with van der Waals surface area (Å²) >= 11 is 0. The van der Waals surface area contributed by atoms with E-state index >= 15 is 0 Å². The van der Waals surface area contributed by atoms with Gasteiger partial charge in [0.15, 0.2) is 0 Å². The van der Waals surface area contributed by atoms with Crippen molar-refractivity contribution in [1.82, 2.24) is 0 Å². The molecular formula is C45H80O. The molecule has 0 amide bonds. The van der Waals surface area contributed by atoms with Gasteiger partial charge in [0, 0.05) is 6.61 Å². The van der Waals surface area contributed by atoms with Crippen molar-refractivity contribution in [3.63, 3.8) is 0 Å². The zero-order chi connectivity index (χ0) is 33.0. The molecule has 1 heteroatoms. The number of fused-ring (bicyclic) bond motifs is 6. The first-order valence-electron chi connectivity index (χ1n) is 21.3. The SMILES string of the molecule is C=CC1OCCC1CCCC1(C)CCC2CCC2CCC2CCC(C)(CCCCC)C2CC(CC)(CC)C(C)(CC)CC2CC1C2. The molecule has 0 radical (unpaired) electrons. The maximum Gasteiger partial charge on any atom is 0.0782 e. The van der Waals surface area contributed by atoms with E-state index in [1.54, 1.807) is 6.42 Å². The maximum atomic E-state index is 5.99. The predicted molar refractivity (Wildman–Crippen MR) is 200 cm³/mol. The second-order valence-electron chi connectivity index (χ2n) is 19.2. The van der Waals surface area contributed by atoms with Gasteiger partial charge < -0.3 is 4.74 Å². The highest BCUT2D eigenvalue weighted by molar-refractivity contribution is 5.04. The molecule has 6 rings (SSSR count). The van der Waals surface area contributed by atoms with Crippen LogP contribution in [0.2, 0.25) is 0 Å². The summed E-state index contributed by atoms with van der Waals surface area (Å²) in [5, 5.41) is 0. The molecule has 0 N–H and O–H groups in total. The van der Waals surface area contributed by atoms with Gasteiger partial charge in [-0.2, -0.15) is 0 Å². The molecule has 0 spiro atoms. The van der Waals surface area contributed by atoms with Gasteiger partial charge >= 0.3 is 0 Å². The van der Waals surface area contributed by atoms with Crippen LogP contribution in [0.1, 0.15) is 196 Å². The normalized spacial score (nSPS) is 44.5. The van der Waals surface area contributed by atoms with Crippen LogP contribution in [0.25, 0.3) is 0 Å². The molecule has 6 aliphatic rings. The molecule has 1 aliphatic heterocycles. The van der Waals surface area contributed by atoms with Crippen molar-refractivity contribution >= 4 is 0 Å². The summed E-state index contributed by atoms with van der Waals surface area (Å²) in [6, 6.07) is 0. The van der Waals surface area contributed by atoms with Gasteiger partial charge in [-0.1, -0.05) is 86.6 Å². The average Bonchev–Trinajstić information content (AvgIpc) is 3.60. The van der Waals surface area contributed by atoms with Crippen LogP contribution in [0.15, 0.2) is 12.7 Å². The minimum atomic E-state index is 0.312. The molecular weight excluding hydrogens is 556 g/mol. The first-order valence-corrected chi connectivity index (χ1v) is 21.3. The quantitative estimate of drug-likeness (QED) is 0.153. The van der Waals surface area contributed by atoms with Crippen molar-refractivity contribution in [1.29, 1.82) is 0 Å². The van der Waals surface area contributed by atoms with E-state index in [-0.39, 0.29) is 0 Å². The average molecular weight is 637 g/mol. The van der Waals surface area contributed by atoms with Gasteiger partial charge in [-0.25, -0.2) is 0 Å². The van der Waals surface area contributed by atoms with Crippen LogP contribution >= 0.6 is 0 Å². The monoisotopic (exact) mass is 637 g/mol. The maximum absolute atomic E-state index is 5.99. The summed E-state index contributed by atoms with van der Waals surface area (Å²) in [4.78, 5) is 0. The Bertz CT molecular complexity index is 943. The minimum absolute atomic E-state index is 0.312. The molecule has 9 atom stereocenters. The third kappa shape index (κ3) is 7.55. The zero-order valence-corrected chi connectivity index (χ0v) is 32.3. The molecule has 46 heavy (non-hydrogen) atoms. The van der Waals surface area contributed by atoms with E-state index in [0.29, 0.717) is 33.7 Å². The fourth-order valence-corrected chi connectivity index (χ4v) is 13.1. The number of ether oxygens (including phenoxy) is 1. The molecule has 6 fully saturated rings. The summed E-state index contributed by atoms with van der Waals surface area (Å²) in [7, 11) is 0. The molecule has 266 valence electrons. The Morgan fingerprint density at radius 2 is 1.33 bits per heavy atom. The van der Waals surface area contributed by atoms with Crippen LogP contribution in [0, 0.1) is 63.1 Å². The van der Waals surface area contributed by atoms with Crippen LogP contribution in [0.5, 0.6) is 0 Å². The highest BCUT2D eigenvalue weighted by Gasteiger charge is 2.54. The molecule has 1 nitrogen and oxygen atoms in total. The van der Waals surface area contributed by atoms with E-state index in [2.05, 4.69) is 61.1 Å². The molecule has 5 aliphatic carbocycles. The lowest BCUT2D eigenvalue weighted by atomic mass is 9.48. The summed E-state index contributed by atoms with van der Waals surface area (Å²) in [5.74, 6) is 6.62. The van der Waals surface area contributed by atoms with Crippen molar-refractivity contribution in [2.75, 3.05) is 6.61 Å². The third-order valence-corrected chi connectivity index (χ3v) is 17.3. The summed E-state index contributed by atoms with van der Waals surface area (Å²) in [6.45, 7) is 23.5. The van der Waals surface area contributed by atoms with Crippen LogP contribution in [0.3, 0.4) is 0 Å². The Labute approximate surface area is 288 Å². The lowest BCUT2D eigenvalue weighted by molar-refractivity contribution is -0.0649. The number of hydrogen-bond donors (Lipinski definition) is 0. The fraction of sp³-hybridized carbons (Fsp3) is 0.956. The van der Waals surface area contributed by atoms with Gasteiger partial charge in [-0.15, -0.1) is 6.58 Å². The largest absolute Gasteiger partial charge is 0.374 e. The topological polar surface area (TPSA) is 9.23 Å². The third-order valence-electron chi connectivity index (χ3n) is 17.3. The second kappa shape index (κ2) is 15.7. The van der Waals surface area contributed by atoms with Gasteiger partial charge in [0.1, 0.15) is 0 Å². The van der Waals surface area contributed by atoms with Crippen molar-refractivity contribution in [2.45, 2.75) is 202 Å². The van der Waals surface area contributed by atoms with Gasteiger partial charge in [-0.3, -0.25) is 0 Å². The van der Waals surface area contributed by atoms with Gasteiger partial charge in [0.05, 0.1) is 6.10 Å². The summed E-state index contributed by atoms with van der Waals surface area (Å²) in [5.41, 5.74) is 2.09. The van der Waals surface area contributed by atoms with Gasteiger partial charge in [0.2, 0.25) is 0 Å². The molecule has 0 aromatic carbocycles. The lowest BCUT2D eigenvalue weighted by Gasteiger charge is -2.56. The van der Waals surface area contributed by atoms with Crippen LogP contribution in [-0.4, -0.2) is 12.7 Å². The van der Waals surface area contributed by atoms with E-state index in [4.69, 9.17) is 4.74 Å². The highest BCUT2D eigenvalue weighted by atomic mass is 16.5. The fourth-order valence-electron chi connectivity index (χ4n) is 13.1. The van der Waals surface area contributed by atoms with Crippen LogP contribution < -0.4 is 0 Å². The molecule has 5 saturated carbocycles. The molecule has 9 unspecified atom stereocenters. The minimum Gasteiger partial charge on any atom is -0.374 e.